The number of fused-ring (bicyclic) bond motifs is 1. The first-order chi connectivity index (χ1) is 9.25. The van der Waals surface area contributed by atoms with Gasteiger partial charge in [0.05, 0.1) is 10.4 Å². The van der Waals surface area contributed by atoms with Gasteiger partial charge in [-0.1, -0.05) is 19.3 Å². The maximum atomic E-state index is 12.3. The van der Waals surface area contributed by atoms with Gasteiger partial charge < -0.3 is 11.1 Å². The number of nitrogens with one attached hydrogen (secondary N) is 1. The van der Waals surface area contributed by atoms with E-state index in [0.29, 0.717) is 16.6 Å². The van der Waals surface area contributed by atoms with Crippen LogP contribution in [0.1, 0.15) is 41.8 Å². The molecule has 100 valence electrons. The smallest absolute Gasteiger partial charge is 0.263 e. The van der Waals surface area contributed by atoms with Crippen molar-refractivity contribution in [2.45, 2.75) is 38.1 Å². The molecule has 0 unspecified atom stereocenters. The predicted molar refractivity (Wildman–Crippen MR) is 78.4 cm³/mol. The number of hydrogen-bond acceptors (Lipinski definition) is 4. The maximum absolute atomic E-state index is 12.3. The summed E-state index contributed by atoms with van der Waals surface area (Å²) in [6.45, 7) is 0. The van der Waals surface area contributed by atoms with Crippen LogP contribution in [-0.2, 0) is 0 Å². The number of hydrogen-bond donors (Lipinski definition) is 2. The van der Waals surface area contributed by atoms with Gasteiger partial charge in [-0.25, -0.2) is 0 Å². The highest BCUT2D eigenvalue weighted by Gasteiger charge is 2.20. The highest BCUT2D eigenvalue weighted by Crippen LogP contribution is 2.33. The molecule has 0 spiro atoms. The summed E-state index contributed by atoms with van der Waals surface area (Å²) in [5.41, 5.74) is 6.65. The van der Waals surface area contributed by atoms with E-state index in [-0.39, 0.29) is 5.91 Å². The van der Waals surface area contributed by atoms with Gasteiger partial charge in [-0.15, -0.1) is 11.3 Å². The van der Waals surface area contributed by atoms with Crippen LogP contribution < -0.4 is 11.1 Å². The Balaban J connectivity index is 1.83. The van der Waals surface area contributed by atoms with E-state index < -0.39 is 0 Å². The molecule has 19 heavy (non-hydrogen) atoms. The highest BCUT2D eigenvalue weighted by atomic mass is 32.1. The molecule has 0 aromatic carbocycles. The lowest BCUT2D eigenvalue weighted by molar-refractivity contribution is 0.0933. The SMILES string of the molecule is Nc1c(C(=O)NC2CCCCC2)sc2cnccc12. The van der Waals surface area contributed by atoms with Crippen molar-refractivity contribution in [3.05, 3.63) is 23.3 Å². The summed E-state index contributed by atoms with van der Waals surface area (Å²) in [6.07, 6.45) is 9.31. The number of pyridine rings is 1. The topological polar surface area (TPSA) is 68.0 Å². The Bertz CT molecular complexity index is 602. The van der Waals surface area contributed by atoms with E-state index in [9.17, 15) is 4.79 Å². The molecule has 0 atom stereocenters. The number of anilines is 1. The standard InChI is InChI=1S/C14H17N3OS/c15-12-10-6-7-16-8-11(10)19-13(12)14(18)17-9-4-2-1-3-5-9/h6-9H,1-5,15H2,(H,17,18). The Morgan fingerprint density at radius 3 is 2.89 bits per heavy atom. The van der Waals surface area contributed by atoms with Crippen LogP contribution in [0, 0.1) is 0 Å². The zero-order valence-corrected chi connectivity index (χ0v) is 11.5. The van der Waals surface area contributed by atoms with Gasteiger partial charge in [-0.3, -0.25) is 9.78 Å². The molecule has 1 aliphatic rings. The highest BCUT2D eigenvalue weighted by molar-refractivity contribution is 7.21. The molecule has 2 aromatic rings. The number of carbonyl (C=O) groups excluding carboxylic acids is 1. The first-order valence-electron chi connectivity index (χ1n) is 6.68. The van der Waals surface area contributed by atoms with Crippen molar-refractivity contribution < 1.29 is 4.79 Å². The number of aromatic nitrogens is 1. The summed E-state index contributed by atoms with van der Waals surface area (Å²) in [4.78, 5) is 17.0. The molecule has 0 radical (unpaired) electrons. The van der Waals surface area contributed by atoms with Gasteiger partial charge in [0, 0.05) is 23.8 Å². The third-order valence-electron chi connectivity index (χ3n) is 3.68. The first-order valence-corrected chi connectivity index (χ1v) is 7.50. The van der Waals surface area contributed by atoms with Crippen LogP contribution in [0.25, 0.3) is 10.1 Å². The van der Waals surface area contributed by atoms with Gasteiger partial charge in [0.15, 0.2) is 0 Å². The molecule has 0 aliphatic heterocycles. The van der Waals surface area contributed by atoms with E-state index in [1.54, 1.807) is 12.4 Å². The van der Waals surface area contributed by atoms with Crippen LogP contribution in [0.5, 0.6) is 0 Å². The predicted octanol–water partition coefficient (Wildman–Crippen LogP) is 2.94. The van der Waals surface area contributed by atoms with E-state index in [0.717, 1.165) is 22.9 Å². The monoisotopic (exact) mass is 275 g/mol. The van der Waals surface area contributed by atoms with Gasteiger partial charge in [0.1, 0.15) is 4.88 Å². The molecule has 4 nitrogen and oxygen atoms in total. The van der Waals surface area contributed by atoms with Gasteiger partial charge in [-0.2, -0.15) is 0 Å². The summed E-state index contributed by atoms with van der Waals surface area (Å²) in [6, 6.07) is 2.17. The third kappa shape index (κ3) is 2.42. The Kier molecular flexibility index (Phi) is 3.38. The number of nitrogens with two attached hydrogens (primary N) is 1. The van der Waals surface area contributed by atoms with Gasteiger partial charge in [0.25, 0.3) is 5.91 Å². The summed E-state index contributed by atoms with van der Waals surface area (Å²) < 4.78 is 0.966. The summed E-state index contributed by atoms with van der Waals surface area (Å²) in [7, 11) is 0. The zero-order chi connectivity index (χ0) is 13.2. The lowest BCUT2D eigenvalue weighted by Gasteiger charge is -2.22. The van der Waals surface area contributed by atoms with Crippen LogP contribution >= 0.6 is 11.3 Å². The van der Waals surface area contributed by atoms with Crippen molar-refractivity contribution in [1.82, 2.24) is 10.3 Å². The first kappa shape index (κ1) is 12.4. The van der Waals surface area contributed by atoms with E-state index >= 15 is 0 Å². The second-order valence-electron chi connectivity index (χ2n) is 5.03. The Morgan fingerprint density at radius 2 is 2.16 bits per heavy atom. The fraction of sp³-hybridized carbons (Fsp3) is 0.429. The fourth-order valence-corrected chi connectivity index (χ4v) is 3.63. The fourth-order valence-electron chi connectivity index (χ4n) is 2.64. The average Bonchev–Trinajstić information content (AvgIpc) is 2.78. The molecule has 0 saturated heterocycles. The minimum absolute atomic E-state index is 0.0365. The Labute approximate surface area is 116 Å². The number of amides is 1. The molecule has 0 bridgehead atoms. The molecule has 1 aliphatic carbocycles. The number of nitrogens with zero attached hydrogens (tertiary/aromatic N) is 1. The van der Waals surface area contributed by atoms with Crippen molar-refractivity contribution in [2.24, 2.45) is 0 Å². The van der Waals surface area contributed by atoms with E-state index in [4.69, 9.17) is 5.73 Å². The second-order valence-corrected chi connectivity index (χ2v) is 6.08. The number of thiophene rings is 1. The van der Waals surface area contributed by atoms with Crippen molar-refractivity contribution >= 4 is 33.0 Å². The number of carbonyl (C=O) groups is 1. The normalized spacial score (nSPS) is 16.6. The quantitative estimate of drug-likeness (QED) is 0.885. The van der Waals surface area contributed by atoms with Crippen LogP contribution in [-0.4, -0.2) is 16.9 Å². The molecule has 3 rings (SSSR count). The van der Waals surface area contributed by atoms with Gasteiger partial charge >= 0.3 is 0 Å². The number of rotatable bonds is 2. The Morgan fingerprint density at radius 1 is 1.37 bits per heavy atom. The molecule has 1 fully saturated rings. The molecular formula is C14H17N3OS. The minimum atomic E-state index is -0.0365. The van der Waals surface area contributed by atoms with E-state index in [1.807, 2.05) is 6.07 Å². The summed E-state index contributed by atoms with van der Waals surface area (Å²) in [5, 5.41) is 4.03. The lowest BCUT2D eigenvalue weighted by atomic mass is 9.95. The largest absolute Gasteiger partial charge is 0.397 e. The zero-order valence-electron chi connectivity index (χ0n) is 10.7. The van der Waals surface area contributed by atoms with Gasteiger partial charge in [0.2, 0.25) is 0 Å². The lowest BCUT2D eigenvalue weighted by Crippen LogP contribution is -2.36. The van der Waals surface area contributed by atoms with Crippen molar-refractivity contribution in [1.29, 1.82) is 0 Å². The van der Waals surface area contributed by atoms with Crippen LogP contribution in [0.2, 0.25) is 0 Å². The van der Waals surface area contributed by atoms with Crippen LogP contribution in [0.3, 0.4) is 0 Å². The van der Waals surface area contributed by atoms with E-state index in [1.165, 1.54) is 30.6 Å². The molecule has 3 N–H and O–H groups in total. The van der Waals surface area contributed by atoms with E-state index in [2.05, 4.69) is 10.3 Å². The average molecular weight is 275 g/mol. The minimum Gasteiger partial charge on any atom is -0.397 e. The van der Waals surface area contributed by atoms with Crippen molar-refractivity contribution in [3.63, 3.8) is 0 Å². The molecule has 1 saturated carbocycles. The molecule has 2 aromatic heterocycles. The van der Waals surface area contributed by atoms with Crippen molar-refractivity contribution in [3.8, 4) is 0 Å². The van der Waals surface area contributed by atoms with Crippen LogP contribution in [0.15, 0.2) is 18.5 Å². The summed E-state index contributed by atoms with van der Waals surface area (Å²) in [5.74, 6) is -0.0365. The number of nitrogen functional groups attached to an aromatic ring is 1. The molecule has 5 heteroatoms. The van der Waals surface area contributed by atoms with Crippen LogP contribution in [0.4, 0.5) is 5.69 Å². The molecule has 2 heterocycles. The third-order valence-corrected chi connectivity index (χ3v) is 4.83. The van der Waals surface area contributed by atoms with Gasteiger partial charge in [-0.05, 0) is 18.9 Å². The summed E-state index contributed by atoms with van der Waals surface area (Å²) >= 11 is 1.42. The maximum Gasteiger partial charge on any atom is 0.263 e. The second kappa shape index (κ2) is 5.17. The molecule has 1 amide bonds. The molecular weight excluding hydrogens is 258 g/mol. The Hall–Kier alpha value is -1.62. The van der Waals surface area contributed by atoms with Crippen molar-refractivity contribution in [2.75, 3.05) is 5.73 Å².